The van der Waals surface area contributed by atoms with Crippen LogP contribution in [-0.4, -0.2) is 22.1 Å². The normalized spacial score (nSPS) is 10.2. The number of hydrogen-bond acceptors (Lipinski definition) is 4. The largest absolute Gasteiger partial charge is 0.354 e. The van der Waals surface area contributed by atoms with Gasteiger partial charge in [0.25, 0.3) is 5.91 Å². The highest BCUT2D eigenvalue weighted by molar-refractivity contribution is 7.04. The van der Waals surface area contributed by atoms with E-state index in [0.29, 0.717) is 10.7 Å². The average molecular weight is 269 g/mol. The molecule has 0 radical (unpaired) electrons. The van der Waals surface area contributed by atoms with Crippen molar-refractivity contribution in [3.8, 4) is 5.69 Å². The van der Waals surface area contributed by atoms with Gasteiger partial charge in [-0.1, -0.05) is 23.7 Å². The summed E-state index contributed by atoms with van der Waals surface area (Å²) in [5.74, 6) is -0.378. The lowest BCUT2D eigenvalue weighted by Crippen LogP contribution is -2.23. The lowest BCUT2D eigenvalue weighted by molar-refractivity contribution is 0.0956. The standard InChI is InChI=1S/C10H9ClN4OS/c1-13-10(16)8-9(12)17-15(14-8)7-5-3-2-4-6(7)11/h2-5,12H,1H3,(H,13,16). The lowest BCUT2D eigenvalue weighted by atomic mass is 10.3. The molecule has 0 spiro atoms. The smallest absolute Gasteiger partial charge is 0.274 e. The van der Waals surface area contributed by atoms with Crippen LogP contribution in [0.4, 0.5) is 0 Å². The molecule has 17 heavy (non-hydrogen) atoms. The third-order valence-corrected chi connectivity index (χ3v) is 3.23. The first kappa shape index (κ1) is 11.8. The first-order valence-electron chi connectivity index (χ1n) is 4.75. The number of rotatable bonds is 2. The Hall–Kier alpha value is -1.66. The van der Waals surface area contributed by atoms with Gasteiger partial charge in [0, 0.05) is 7.05 Å². The molecule has 0 aliphatic rings. The second kappa shape index (κ2) is 4.68. The van der Waals surface area contributed by atoms with Crippen molar-refractivity contribution in [1.29, 1.82) is 5.41 Å². The fourth-order valence-corrected chi connectivity index (χ4v) is 2.30. The van der Waals surface area contributed by atoms with Crippen molar-refractivity contribution in [1.82, 2.24) is 14.5 Å². The van der Waals surface area contributed by atoms with Gasteiger partial charge in [-0.3, -0.25) is 10.2 Å². The summed E-state index contributed by atoms with van der Waals surface area (Å²) < 4.78 is 1.57. The van der Waals surface area contributed by atoms with E-state index in [2.05, 4.69) is 10.4 Å². The highest BCUT2D eigenvalue weighted by Gasteiger charge is 2.13. The molecule has 0 bridgehead atoms. The van der Waals surface area contributed by atoms with E-state index in [1.165, 1.54) is 11.1 Å². The lowest BCUT2D eigenvalue weighted by Gasteiger charge is -2.01. The van der Waals surface area contributed by atoms with E-state index in [0.717, 1.165) is 11.5 Å². The zero-order valence-corrected chi connectivity index (χ0v) is 10.5. The molecule has 2 N–H and O–H groups in total. The minimum absolute atomic E-state index is 0.0948. The van der Waals surface area contributed by atoms with Crippen molar-refractivity contribution in [2.24, 2.45) is 0 Å². The topological polar surface area (TPSA) is 70.8 Å². The van der Waals surface area contributed by atoms with Crippen LogP contribution in [0.1, 0.15) is 10.5 Å². The van der Waals surface area contributed by atoms with Gasteiger partial charge in [-0.2, -0.15) is 4.07 Å². The Balaban J connectivity index is 2.53. The Morgan fingerprint density at radius 3 is 2.88 bits per heavy atom. The number of amides is 1. The maximum Gasteiger partial charge on any atom is 0.274 e. The Morgan fingerprint density at radius 2 is 2.24 bits per heavy atom. The van der Waals surface area contributed by atoms with Crippen LogP contribution in [0.15, 0.2) is 24.3 Å². The summed E-state index contributed by atoms with van der Waals surface area (Å²) in [4.78, 5) is 11.4. The van der Waals surface area contributed by atoms with Gasteiger partial charge in [-0.25, -0.2) is 0 Å². The molecule has 0 saturated heterocycles. The van der Waals surface area contributed by atoms with Crippen LogP contribution in [0.5, 0.6) is 0 Å². The number of carbonyl (C=O) groups is 1. The molecule has 0 aliphatic heterocycles. The molecule has 88 valence electrons. The molecule has 0 fully saturated rings. The number of para-hydroxylation sites is 1. The molecule has 0 aliphatic carbocycles. The summed E-state index contributed by atoms with van der Waals surface area (Å²) in [6.07, 6.45) is 0. The quantitative estimate of drug-likeness (QED) is 0.865. The van der Waals surface area contributed by atoms with E-state index in [1.54, 1.807) is 18.2 Å². The average Bonchev–Trinajstić information content (AvgIpc) is 2.71. The molecule has 0 atom stereocenters. The third-order valence-electron chi connectivity index (χ3n) is 2.08. The van der Waals surface area contributed by atoms with Gasteiger partial charge >= 0.3 is 0 Å². The molecule has 0 unspecified atom stereocenters. The molecule has 7 heteroatoms. The van der Waals surface area contributed by atoms with Crippen LogP contribution >= 0.6 is 23.1 Å². The molecule has 1 amide bonds. The van der Waals surface area contributed by atoms with Crippen LogP contribution < -0.4 is 9.99 Å². The van der Waals surface area contributed by atoms with E-state index >= 15 is 0 Å². The van der Waals surface area contributed by atoms with Gasteiger partial charge < -0.3 is 5.32 Å². The Kier molecular flexibility index (Phi) is 3.26. The number of carbonyl (C=O) groups excluding carboxylic acids is 1. The number of aromatic nitrogens is 2. The fourth-order valence-electron chi connectivity index (χ4n) is 1.26. The highest BCUT2D eigenvalue weighted by Crippen LogP contribution is 2.19. The zero-order valence-electron chi connectivity index (χ0n) is 8.90. The van der Waals surface area contributed by atoms with Crippen LogP contribution in [0.2, 0.25) is 5.02 Å². The van der Waals surface area contributed by atoms with Gasteiger partial charge in [0.2, 0.25) is 0 Å². The predicted molar refractivity (Wildman–Crippen MR) is 65.7 cm³/mol. The summed E-state index contributed by atoms with van der Waals surface area (Å²) >= 11 is 7.07. The van der Waals surface area contributed by atoms with Crippen molar-refractivity contribution >= 4 is 29.0 Å². The van der Waals surface area contributed by atoms with Gasteiger partial charge in [-0.15, -0.1) is 5.10 Å². The number of nitrogens with zero attached hydrogens (tertiary/aromatic N) is 2. The Morgan fingerprint density at radius 1 is 1.53 bits per heavy atom. The van der Waals surface area contributed by atoms with Crippen LogP contribution in [-0.2, 0) is 0 Å². The van der Waals surface area contributed by atoms with Crippen molar-refractivity contribution in [3.63, 3.8) is 0 Å². The predicted octanol–water partition coefficient (Wildman–Crippen LogP) is 1.43. The molecule has 2 rings (SSSR count). The number of benzene rings is 1. The summed E-state index contributed by atoms with van der Waals surface area (Å²) in [6.45, 7) is 0. The second-order valence-electron chi connectivity index (χ2n) is 3.17. The number of halogens is 1. The van der Waals surface area contributed by atoms with Crippen molar-refractivity contribution in [2.75, 3.05) is 7.05 Å². The SMILES string of the molecule is CNC(=O)c1nn(-c2ccccc2Cl)sc1=N. The van der Waals surface area contributed by atoms with E-state index < -0.39 is 0 Å². The highest BCUT2D eigenvalue weighted by atomic mass is 35.5. The maximum absolute atomic E-state index is 11.4. The minimum atomic E-state index is -0.378. The number of nitrogens with one attached hydrogen (secondary N) is 2. The summed E-state index contributed by atoms with van der Waals surface area (Å²) in [7, 11) is 1.50. The Bertz CT molecular complexity index is 619. The molecular formula is C10H9ClN4OS. The molecule has 1 heterocycles. The molecule has 1 aromatic carbocycles. The molecule has 0 saturated carbocycles. The number of hydrogen-bond donors (Lipinski definition) is 2. The van der Waals surface area contributed by atoms with Crippen LogP contribution in [0.3, 0.4) is 0 Å². The monoisotopic (exact) mass is 268 g/mol. The second-order valence-corrected chi connectivity index (χ2v) is 4.52. The summed E-state index contributed by atoms with van der Waals surface area (Å²) in [6, 6.07) is 7.13. The van der Waals surface area contributed by atoms with Crippen molar-refractivity contribution < 1.29 is 4.79 Å². The third kappa shape index (κ3) is 2.22. The van der Waals surface area contributed by atoms with E-state index in [9.17, 15) is 4.79 Å². The molecular weight excluding hydrogens is 260 g/mol. The first-order valence-corrected chi connectivity index (χ1v) is 5.91. The van der Waals surface area contributed by atoms with Crippen LogP contribution in [0, 0.1) is 5.41 Å². The van der Waals surface area contributed by atoms with E-state index in [4.69, 9.17) is 17.0 Å². The van der Waals surface area contributed by atoms with Crippen molar-refractivity contribution in [3.05, 3.63) is 39.7 Å². The summed E-state index contributed by atoms with van der Waals surface area (Å²) in [5.41, 5.74) is 0.750. The van der Waals surface area contributed by atoms with E-state index in [-0.39, 0.29) is 16.3 Å². The fraction of sp³-hybridized carbons (Fsp3) is 0.100. The molecule has 5 nitrogen and oxygen atoms in total. The Labute approximate surface area is 106 Å². The summed E-state index contributed by atoms with van der Waals surface area (Å²) in [5, 5.41) is 14.7. The first-order chi connectivity index (χ1) is 8.13. The van der Waals surface area contributed by atoms with Gasteiger partial charge in [-0.05, 0) is 23.7 Å². The van der Waals surface area contributed by atoms with E-state index in [1.807, 2.05) is 6.07 Å². The van der Waals surface area contributed by atoms with Gasteiger partial charge in [0.15, 0.2) is 10.4 Å². The van der Waals surface area contributed by atoms with Gasteiger partial charge in [0.1, 0.15) is 0 Å². The zero-order chi connectivity index (χ0) is 12.4. The van der Waals surface area contributed by atoms with Crippen molar-refractivity contribution in [2.45, 2.75) is 0 Å². The maximum atomic E-state index is 11.4. The molecule has 2 aromatic rings. The molecule has 1 aromatic heterocycles. The minimum Gasteiger partial charge on any atom is -0.354 e. The van der Waals surface area contributed by atoms with Gasteiger partial charge in [0.05, 0.1) is 10.7 Å². The van der Waals surface area contributed by atoms with Crippen LogP contribution in [0.25, 0.3) is 5.69 Å².